The number of halogens is 3. The third kappa shape index (κ3) is 3.97. The number of benzene rings is 1. The highest BCUT2D eigenvalue weighted by molar-refractivity contribution is 8.01. The van der Waals surface area contributed by atoms with Crippen LogP contribution in [-0.4, -0.2) is 32.6 Å². The van der Waals surface area contributed by atoms with E-state index < -0.39 is 12.6 Å². The Hall–Kier alpha value is -2.59. The fraction of sp³-hybridized carbons (Fsp3) is 0.167. The molecule has 0 aliphatic carbocycles. The van der Waals surface area contributed by atoms with Gasteiger partial charge in [-0.05, 0) is 30.3 Å². The van der Waals surface area contributed by atoms with Crippen LogP contribution in [0.4, 0.5) is 13.2 Å². The van der Waals surface area contributed by atoms with Crippen LogP contribution in [0.5, 0.6) is 5.75 Å². The number of thiazole rings is 1. The van der Waals surface area contributed by atoms with Crippen LogP contribution in [0.1, 0.15) is 5.69 Å². The van der Waals surface area contributed by atoms with E-state index in [0.717, 1.165) is 15.0 Å². The molecule has 0 spiro atoms. The van der Waals surface area contributed by atoms with Crippen molar-refractivity contribution in [3.8, 4) is 17.1 Å². The lowest BCUT2D eigenvalue weighted by Crippen LogP contribution is -2.12. The first-order valence-corrected chi connectivity index (χ1v) is 9.79. The third-order valence-corrected chi connectivity index (χ3v) is 5.78. The summed E-state index contributed by atoms with van der Waals surface area (Å²) in [4.78, 5) is 13.6. The molecule has 10 heteroatoms. The lowest BCUT2D eigenvalue weighted by atomic mass is 10.2. The molecule has 5 nitrogen and oxygen atoms in total. The maximum atomic E-state index is 13.0. The van der Waals surface area contributed by atoms with Crippen molar-refractivity contribution < 1.29 is 17.9 Å². The molecular formula is C18H13F3N4OS2. The van der Waals surface area contributed by atoms with Crippen LogP contribution in [0.2, 0.25) is 0 Å². The molecule has 4 rings (SSSR count). The number of aromatic nitrogens is 4. The van der Waals surface area contributed by atoms with Gasteiger partial charge in [-0.3, -0.25) is 4.40 Å². The van der Waals surface area contributed by atoms with Crippen molar-refractivity contribution in [2.45, 2.75) is 21.8 Å². The average molecular weight is 422 g/mol. The molecule has 28 heavy (non-hydrogen) atoms. The molecule has 1 aromatic carbocycles. The van der Waals surface area contributed by atoms with E-state index in [-0.39, 0.29) is 11.5 Å². The van der Waals surface area contributed by atoms with Crippen molar-refractivity contribution in [1.82, 2.24) is 19.4 Å². The van der Waals surface area contributed by atoms with Crippen molar-refractivity contribution in [2.75, 3.05) is 7.11 Å². The molecule has 3 aromatic heterocycles. The molecule has 0 saturated heterocycles. The Labute approximate surface area is 166 Å². The summed E-state index contributed by atoms with van der Waals surface area (Å²) in [5.74, 6) is 0.966. The summed E-state index contributed by atoms with van der Waals surface area (Å²) in [6, 6.07) is 9.13. The van der Waals surface area contributed by atoms with E-state index in [2.05, 4.69) is 15.0 Å². The van der Waals surface area contributed by atoms with Gasteiger partial charge >= 0.3 is 6.18 Å². The minimum absolute atomic E-state index is 0.0857. The maximum absolute atomic E-state index is 13.0. The summed E-state index contributed by atoms with van der Waals surface area (Å²) in [6.07, 6.45) is -2.37. The summed E-state index contributed by atoms with van der Waals surface area (Å²) in [6.45, 7) is 0. The highest BCUT2D eigenvalue weighted by atomic mass is 32.2. The van der Waals surface area contributed by atoms with E-state index in [9.17, 15) is 13.2 Å². The van der Waals surface area contributed by atoms with E-state index >= 15 is 0 Å². The second-order valence-electron chi connectivity index (χ2n) is 5.76. The standard InChI is InChI=1S/C18H13F3N4OS2/c1-26-11-3-5-12(6-4-11)28-17-24-14(10-27-17)15-13(9-18(19,20)21)23-16-22-7-2-8-25(15)16/h2-8,10H,9H2,1H3. The normalized spacial score (nSPS) is 11.9. The molecule has 0 amide bonds. The van der Waals surface area contributed by atoms with Gasteiger partial charge in [0.05, 0.1) is 24.9 Å². The minimum Gasteiger partial charge on any atom is -0.497 e. The van der Waals surface area contributed by atoms with Crippen LogP contribution in [0.15, 0.2) is 57.3 Å². The number of alkyl halides is 3. The number of hydrogen-bond acceptors (Lipinski definition) is 6. The summed E-state index contributed by atoms with van der Waals surface area (Å²) < 4.78 is 46.5. The molecule has 0 radical (unpaired) electrons. The molecule has 144 valence electrons. The predicted octanol–water partition coefficient (Wildman–Crippen LogP) is 5.12. The summed E-state index contributed by atoms with van der Waals surface area (Å²) >= 11 is 2.80. The smallest absolute Gasteiger partial charge is 0.394 e. The van der Waals surface area contributed by atoms with Gasteiger partial charge in [-0.2, -0.15) is 13.2 Å². The molecule has 0 N–H and O–H groups in total. The Bertz CT molecular complexity index is 1110. The van der Waals surface area contributed by atoms with Crippen molar-refractivity contribution in [3.63, 3.8) is 0 Å². The van der Waals surface area contributed by atoms with E-state index in [1.54, 1.807) is 24.8 Å². The predicted molar refractivity (Wildman–Crippen MR) is 101 cm³/mol. The van der Waals surface area contributed by atoms with Crippen molar-refractivity contribution in [2.24, 2.45) is 0 Å². The van der Waals surface area contributed by atoms with E-state index in [1.807, 2.05) is 24.3 Å². The van der Waals surface area contributed by atoms with Crippen LogP contribution < -0.4 is 4.74 Å². The molecule has 0 aliphatic heterocycles. The Morgan fingerprint density at radius 2 is 1.96 bits per heavy atom. The molecule has 0 atom stereocenters. The molecule has 3 heterocycles. The monoisotopic (exact) mass is 422 g/mol. The minimum atomic E-state index is -4.37. The Balaban J connectivity index is 1.69. The van der Waals surface area contributed by atoms with Gasteiger partial charge in [-0.15, -0.1) is 11.3 Å². The number of imidazole rings is 1. The summed E-state index contributed by atoms with van der Waals surface area (Å²) in [7, 11) is 1.60. The highest BCUT2D eigenvalue weighted by Crippen LogP contribution is 2.36. The van der Waals surface area contributed by atoms with Crippen LogP contribution in [0, 0.1) is 0 Å². The van der Waals surface area contributed by atoms with Gasteiger partial charge in [-0.25, -0.2) is 15.0 Å². The van der Waals surface area contributed by atoms with Crippen LogP contribution in [0.3, 0.4) is 0 Å². The SMILES string of the molecule is COc1ccc(Sc2nc(-c3c(CC(F)(F)F)nc4ncccn34)cs2)cc1. The van der Waals surface area contributed by atoms with E-state index in [1.165, 1.54) is 33.7 Å². The quantitative estimate of drug-likeness (QED) is 0.447. The molecular weight excluding hydrogens is 409 g/mol. The van der Waals surface area contributed by atoms with Gasteiger partial charge in [-0.1, -0.05) is 11.8 Å². The zero-order valence-electron chi connectivity index (χ0n) is 14.5. The van der Waals surface area contributed by atoms with Crippen LogP contribution in [0.25, 0.3) is 17.2 Å². The molecule has 0 bridgehead atoms. The number of rotatable bonds is 5. The summed E-state index contributed by atoms with van der Waals surface area (Å²) in [5, 5.41) is 1.74. The topological polar surface area (TPSA) is 52.3 Å². The zero-order valence-corrected chi connectivity index (χ0v) is 16.1. The molecule has 0 fully saturated rings. The number of nitrogens with zero attached hydrogens (tertiary/aromatic N) is 4. The van der Waals surface area contributed by atoms with Gasteiger partial charge < -0.3 is 4.74 Å². The molecule has 4 aromatic rings. The average Bonchev–Trinajstić information content (AvgIpc) is 3.24. The zero-order chi connectivity index (χ0) is 19.7. The van der Waals surface area contributed by atoms with Crippen molar-refractivity contribution in [3.05, 3.63) is 53.8 Å². The second-order valence-corrected chi connectivity index (χ2v) is 7.94. The number of ether oxygens (including phenoxy) is 1. The Morgan fingerprint density at radius 3 is 2.68 bits per heavy atom. The van der Waals surface area contributed by atoms with Gasteiger partial charge in [0.15, 0.2) is 4.34 Å². The highest BCUT2D eigenvalue weighted by Gasteiger charge is 2.32. The van der Waals surface area contributed by atoms with E-state index in [4.69, 9.17) is 4.74 Å². The van der Waals surface area contributed by atoms with Gasteiger partial charge in [0.25, 0.3) is 0 Å². The first kappa shape index (κ1) is 18.8. The molecule has 0 aliphatic rings. The number of hydrogen-bond donors (Lipinski definition) is 0. The maximum Gasteiger partial charge on any atom is 0.394 e. The Kier molecular flexibility index (Phi) is 4.98. The molecule has 0 saturated carbocycles. The summed E-state index contributed by atoms with van der Waals surface area (Å²) in [5.41, 5.74) is 0.677. The van der Waals surface area contributed by atoms with Gasteiger partial charge in [0.2, 0.25) is 5.78 Å². The fourth-order valence-corrected chi connectivity index (χ4v) is 4.45. The Morgan fingerprint density at radius 1 is 1.18 bits per heavy atom. The number of fused-ring (bicyclic) bond motifs is 1. The lowest BCUT2D eigenvalue weighted by Gasteiger charge is -2.05. The lowest BCUT2D eigenvalue weighted by molar-refractivity contribution is -0.127. The van der Waals surface area contributed by atoms with Crippen LogP contribution >= 0.6 is 23.1 Å². The first-order valence-electron chi connectivity index (χ1n) is 8.09. The van der Waals surface area contributed by atoms with Crippen molar-refractivity contribution >= 4 is 28.9 Å². The largest absolute Gasteiger partial charge is 0.497 e. The van der Waals surface area contributed by atoms with E-state index in [0.29, 0.717) is 11.4 Å². The second kappa shape index (κ2) is 7.44. The van der Waals surface area contributed by atoms with Gasteiger partial charge in [0.1, 0.15) is 11.4 Å². The number of methoxy groups -OCH3 is 1. The first-order chi connectivity index (χ1) is 13.4. The third-order valence-electron chi connectivity index (χ3n) is 3.83. The molecule has 0 unspecified atom stereocenters. The van der Waals surface area contributed by atoms with Gasteiger partial charge in [0, 0.05) is 22.7 Å². The van der Waals surface area contributed by atoms with Crippen LogP contribution in [-0.2, 0) is 6.42 Å². The van der Waals surface area contributed by atoms with Crippen molar-refractivity contribution in [1.29, 1.82) is 0 Å². The fourth-order valence-electron chi connectivity index (χ4n) is 2.67.